The minimum atomic E-state index is 0.165. The first kappa shape index (κ1) is 13.1. The van der Waals surface area contributed by atoms with E-state index in [1.54, 1.807) is 0 Å². The van der Waals surface area contributed by atoms with E-state index in [-0.39, 0.29) is 11.8 Å². The van der Waals surface area contributed by atoms with Gasteiger partial charge in [-0.05, 0) is 37.6 Å². The number of nitrogens with one attached hydrogen (secondary N) is 2. The Kier molecular flexibility index (Phi) is 4.78. The van der Waals surface area contributed by atoms with Crippen LogP contribution in [0.25, 0.3) is 0 Å². The van der Waals surface area contributed by atoms with E-state index >= 15 is 0 Å². The van der Waals surface area contributed by atoms with E-state index in [0.29, 0.717) is 13.1 Å². The Morgan fingerprint density at radius 1 is 1.50 bits per heavy atom. The van der Waals surface area contributed by atoms with Gasteiger partial charge < -0.3 is 20.9 Å². The van der Waals surface area contributed by atoms with Crippen LogP contribution in [0.5, 0.6) is 0 Å². The van der Waals surface area contributed by atoms with Crippen molar-refractivity contribution in [1.29, 1.82) is 0 Å². The lowest BCUT2D eigenvalue weighted by Gasteiger charge is -2.30. The standard InChI is InChI=1S/C13H22N4O/c14-4-8-17-6-2-12(3-7-17)13(18)16-10-11-1-5-15-9-11/h1,5,9,12,15H,2-4,6-8,10,14H2,(H,16,18). The van der Waals surface area contributed by atoms with Crippen molar-refractivity contribution in [3.05, 3.63) is 24.0 Å². The van der Waals surface area contributed by atoms with Crippen molar-refractivity contribution >= 4 is 5.91 Å². The summed E-state index contributed by atoms with van der Waals surface area (Å²) in [6.07, 6.45) is 5.66. The molecular weight excluding hydrogens is 228 g/mol. The van der Waals surface area contributed by atoms with Crippen LogP contribution in [0, 0.1) is 5.92 Å². The van der Waals surface area contributed by atoms with E-state index < -0.39 is 0 Å². The summed E-state index contributed by atoms with van der Waals surface area (Å²) < 4.78 is 0. The van der Waals surface area contributed by atoms with Crippen molar-refractivity contribution in [2.75, 3.05) is 26.2 Å². The molecule has 0 aliphatic carbocycles. The van der Waals surface area contributed by atoms with Gasteiger partial charge in [0.05, 0.1) is 0 Å². The molecule has 0 saturated carbocycles. The molecule has 1 saturated heterocycles. The Labute approximate surface area is 108 Å². The minimum Gasteiger partial charge on any atom is -0.367 e. The number of hydrogen-bond donors (Lipinski definition) is 3. The third-order valence-electron chi connectivity index (χ3n) is 3.53. The Morgan fingerprint density at radius 2 is 2.28 bits per heavy atom. The van der Waals surface area contributed by atoms with Crippen LogP contribution in [0.3, 0.4) is 0 Å². The van der Waals surface area contributed by atoms with Gasteiger partial charge in [0.2, 0.25) is 5.91 Å². The molecule has 2 heterocycles. The summed E-state index contributed by atoms with van der Waals surface area (Å²) in [5.41, 5.74) is 6.65. The number of hydrogen-bond acceptors (Lipinski definition) is 3. The maximum atomic E-state index is 12.0. The second kappa shape index (κ2) is 6.56. The first-order valence-electron chi connectivity index (χ1n) is 6.61. The number of amides is 1. The smallest absolute Gasteiger partial charge is 0.223 e. The topological polar surface area (TPSA) is 74.2 Å². The van der Waals surface area contributed by atoms with Gasteiger partial charge in [-0.25, -0.2) is 0 Å². The molecule has 1 aromatic rings. The Bertz CT molecular complexity index is 355. The van der Waals surface area contributed by atoms with Crippen molar-refractivity contribution in [2.24, 2.45) is 11.7 Å². The monoisotopic (exact) mass is 250 g/mol. The van der Waals surface area contributed by atoms with Crippen molar-refractivity contribution in [3.63, 3.8) is 0 Å². The Balaban J connectivity index is 1.70. The molecule has 0 aromatic carbocycles. The van der Waals surface area contributed by atoms with Gasteiger partial charge in [0.1, 0.15) is 0 Å². The molecule has 1 aliphatic rings. The highest BCUT2D eigenvalue weighted by atomic mass is 16.1. The van der Waals surface area contributed by atoms with Crippen LogP contribution < -0.4 is 11.1 Å². The highest BCUT2D eigenvalue weighted by Gasteiger charge is 2.24. The molecule has 5 nitrogen and oxygen atoms in total. The molecule has 100 valence electrons. The SMILES string of the molecule is NCCN1CCC(C(=O)NCc2cc[nH]c2)CC1. The van der Waals surface area contributed by atoms with Gasteiger partial charge in [0, 0.05) is 37.9 Å². The van der Waals surface area contributed by atoms with Gasteiger partial charge in [0.15, 0.2) is 0 Å². The molecule has 2 rings (SSSR count). The fraction of sp³-hybridized carbons (Fsp3) is 0.615. The van der Waals surface area contributed by atoms with Gasteiger partial charge in [0.25, 0.3) is 0 Å². The zero-order valence-electron chi connectivity index (χ0n) is 10.7. The molecule has 0 radical (unpaired) electrons. The number of rotatable bonds is 5. The van der Waals surface area contributed by atoms with Crippen molar-refractivity contribution in [1.82, 2.24) is 15.2 Å². The number of nitrogens with zero attached hydrogens (tertiary/aromatic N) is 1. The number of carbonyl (C=O) groups is 1. The van der Waals surface area contributed by atoms with E-state index in [4.69, 9.17) is 5.73 Å². The van der Waals surface area contributed by atoms with Crippen LogP contribution in [0.1, 0.15) is 18.4 Å². The summed E-state index contributed by atoms with van der Waals surface area (Å²) in [4.78, 5) is 17.3. The van der Waals surface area contributed by atoms with E-state index in [1.807, 2.05) is 18.5 Å². The lowest BCUT2D eigenvalue weighted by atomic mass is 9.96. The predicted octanol–water partition coefficient (Wildman–Crippen LogP) is 0.302. The molecule has 4 N–H and O–H groups in total. The summed E-state index contributed by atoms with van der Waals surface area (Å²) in [5, 5.41) is 3.00. The normalized spacial score (nSPS) is 17.8. The van der Waals surface area contributed by atoms with Crippen molar-refractivity contribution in [3.8, 4) is 0 Å². The minimum absolute atomic E-state index is 0.165. The van der Waals surface area contributed by atoms with Crippen LogP contribution in [0.2, 0.25) is 0 Å². The molecule has 0 atom stereocenters. The molecular formula is C13H22N4O. The van der Waals surface area contributed by atoms with Gasteiger partial charge in [-0.3, -0.25) is 4.79 Å². The molecule has 1 amide bonds. The Hall–Kier alpha value is -1.33. The summed E-state index contributed by atoms with van der Waals surface area (Å²) in [6, 6.07) is 1.98. The van der Waals surface area contributed by atoms with E-state index in [1.165, 1.54) is 0 Å². The lowest BCUT2D eigenvalue weighted by Crippen LogP contribution is -2.41. The molecule has 1 aromatic heterocycles. The van der Waals surface area contributed by atoms with Crippen LogP contribution in [-0.2, 0) is 11.3 Å². The first-order chi connectivity index (χ1) is 8.79. The molecule has 5 heteroatoms. The van der Waals surface area contributed by atoms with Gasteiger partial charge in [-0.1, -0.05) is 0 Å². The summed E-state index contributed by atoms with van der Waals surface area (Å²) in [6.45, 7) is 4.23. The Morgan fingerprint density at radius 3 is 2.89 bits per heavy atom. The average molecular weight is 250 g/mol. The third-order valence-corrected chi connectivity index (χ3v) is 3.53. The lowest BCUT2D eigenvalue weighted by molar-refractivity contribution is -0.126. The number of H-pyrrole nitrogens is 1. The van der Waals surface area contributed by atoms with Crippen LogP contribution in [0.4, 0.5) is 0 Å². The summed E-state index contributed by atoms with van der Waals surface area (Å²) in [7, 11) is 0. The van der Waals surface area contributed by atoms with E-state index in [2.05, 4.69) is 15.2 Å². The quantitative estimate of drug-likeness (QED) is 0.704. The number of nitrogens with two attached hydrogens (primary N) is 1. The van der Waals surface area contributed by atoms with Crippen molar-refractivity contribution < 1.29 is 4.79 Å². The zero-order valence-corrected chi connectivity index (χ0v) is 10.7. The molecule has 1 fully saturated rings. The van der Waals surface area contributed by atoms with Gasteiger partial charge in [-0.2, -0.15) is 0 Å². The summed E-state index contributed by atoms with van der Waals surface area (Å²) >= 11 is 0. The van der Waals surface area contributed by atoms with Gasteiger partial charge in [-0.15, -0.1) is 0 Å². The largest absolute Gasteiger partial charge is 0.367 e. The molecule has 0 spiro atoms. The number of likely N-dealkylation sites (tertiary alicyclic amines) is 1. The fourth-order valence-corrected chi connectivity index (χ4v) is 2.40. The molecule has 0 bridgehead atoms. The number of carbonyl (C=O) groups excluding carboxylic acids is 1. The number of aromatic nitrogens is 1. The van der Waals surface area contributed by atoms with Crippen molar-refractivity contribution in [2.45, 2.75) is 19.4 Å². The second-order valence-corrected chi connectivity index (χ2v) is 4.84. The fourth-order valence-electron chi connectivity index (χ4n) is 2.40. The first-order valence-corrected chi connectivity index (χ1v) is 6.61. The number of aromatic amines is 1. The van der Waals surface area contributed by atoms with Crippen LogP contribution >= 0.6 is 0 Å². The predicted molar refractivity (Wildman–Crippen MR) is 70.9 cm³/mol. The third kappa shape index (κ3) is 3.58. The molecule has 0 unspecified atom stereocenters. The van der Waals surface area contributed by atoms with Gasteiger partial charge >= 0.3 is 0 Å². The molecule has 18 heavy (non-hydrogen) atoms. The van der Waals surface area contributed by atoms with Crippen LogP contribution in [-0.4, -0.2) is 42.0 Å². The molecule has 1 aliphatic heterocycles. The van der Waals surface area contributed by atoms with Crippen LogP contribution in [0.15, 0.2) is 18.5 Å². The highest BCUT2D eigenvalue weighted by Crippen LogP contribution is 2.17. The summed E-state index contributed by atoms with van der Waals surface area (Å²) in [5.74, 6) is 0.349. The zero-order chi connectivity index (χ0) is 12.8. The maximum Gasteiger partial charge on any atom is 0.223 e. The maximum absolute atomic E-state index is 12.0. The number of piperidine rings is 1. The van der Waals surface area contributed by atoms with E-state index in [0.717, 1.165) is 38.0 Å². The highest BCUT2D eigenvalue weighted by molar-refractivity contribution is 5.78. The van der Waals surface area contributed by atoms with E-state index in [9.17, 15) is 4.79 Å². The average Bonchev–Trinajstić information content (AvgIpc) is 2.90. The second-order valence-electron chi connectivity index (χ2n) is 4.84.